The summed E-state index contributed by atoms with van der Waals surface area (Å²) in [4.78, 5) is 82.4. The molecule has 5 amide bonds. The third kappa shape index (κ3) is 7.84. The van der Waals surface area contributed by atoms with Crippen LogP contribution in [-0.2, 0) is 24.0 Å². The lowest BCUT2D eigenvalue weighted by molar-refractivity contribution is -0.145. The molecule has 11 nitrogen and oxygen atoms in total. The normalized spacial score (nSPS) is 26.9. The van der Waals surface area contributed by atoms with Crippen LogP contribution in [0.5, 0.6) is 0 Å². The second-order valence-electron chi connectivity index (χ2n) is 16.3. The standard InChI is InChI=1S/C36H53N5O6/c1-7-8-14-24(29(43)32(45)37-22-17-18-22)38-31(44)27-25-23(36(25,5)6)19-41(27)33(46)30(35(2,3)4)40-34(47)39-26(28(42)21-15-16-21)20-12-10-9-11-13-20/h1,20-27,30H,8-19H2,2-6H3,(H,37,45)(H,38,44)(H2,39,40,47)/t23-,24?,25-,26-,27-,30+/m0/s1. The van der Waals surface area contributed by atoms with Gasteiger partial charge in [0.1, 0.15) is 12.1 Å². The first kappa shape index (κ1) is 34.9. The second-order valence-corrected chi connectivity index (χ2v) is 16.3. The minimum absolute atomic E-state index is 0.00246. The Morgan fingerprint density at radius 3 is 2.15 bits per heavy atom. The molecule has 5 rings (SSSR count). The van der Waals surface area contributed by atoms with Crippen LogP contribution < -0.4 is 21.3 Å². The Labute approximate surface area is 278 Å². The first-order chi connectivity index (χ1) is 22.1. The summed E-state index contributed by atoms with van der Waals surface area (Å²) in [6.45, 7) is 10.0. The number of piperidine rings is 1. The van der Waals surface area contributed by atoms with Crippen molar-refractivity contribution in [3.63, 3.8) is 0 Å². The number of nitrogens with one attached hydrogen (secondary N) is 4. The van der Waals surface area contributed by atoms with Crippen LogP contribution in [0, 0.1) is 46.8 Å². The molecule has 1 unspecified atom stereocenters. The molecule has 0 aromatic carbocycles. The lowest BCUT2D eigenvalue weighted by Gasteiger charge is -2.38. The van der Waals surface area contributed by atoms with Crippen LogP contribution in [0.1, 0.15) is 105 Å². The first-order valence-electron chi connectivity index (χ1n) is 17.6. The summed E-state index contributed by atoms with van der Waals surface area (Å²) in [5, 5.41) is 11.3. The zero-order valence-electron chi connectivity index (χ0n) is 28.7. The molecule has 11 heteroatoms. The van der Waals surface area contributed by atoms with E-state index in [-0.39, 0.29) is 53.8 Å². The average Bonchev–Trinajstić information content (AvgIpc) is 3.98. The van der Waals surface area contributed by atoms with Gasteiger partial charge in [0, 0.05) is 24.9 Å². The van der Waals surface area contributed by atoms with Crippen LogP contribution in [-0.4, -0.2) is 77.0 Å². The highest BCUT2D eigenvalue weighted by molar-refractivity contribution is 6.38. The van der Waals surface area contributed by atoms with E-state index >= 15 is 0 Å². The average molecular weight is 652 g/mol. The summed E-state index contributed by atoms with van der Waals surface area (Å²) in [7, 11) is 0. The molecule has 5 aliphatic rings. The van der Waals surface area contributed by atoms with Crippen molar-refractivity contribution in [3.8, 4) is 12.3 Å². The number of Topliss-reactive ketones (excluding diaryl/α,β-unsaturated/α-hetero) is 2. The summed E-state index contributed by atoms with van der Waals surface area (Å²) in [6.07, 6.45) is 14.1. The fourth-order valence-electron chi connectivity index (χ4n) is 7.85. The van der Waals surface area contributed by atoms with E-state index in [1.807, 2.05) is 20.8 Å². The predicted molar refractivity (Wildman–Crippen MR) is 175 cm³/mol. The molecule has 47 heavy (non-hydrogen) atoms. The summed E-state index contributed by atoms with van der Waals surface area (Å²) in [6, 6.07) is -4.13. The predicted octanol–water partition coefficient (Wildman–Crippen LogP) is 2.86. The van der Waals surface area contributed by atoms with Crippen LogP contribution in [0.2, 0.25) is 0 Å². The van der Waals surface area contributed by atoms with Gasteiger partial charge in [-0.2, -0.15) is 0 Å². The van der Waals surface area contributed by atoms with Gasteiger partial charge in [-0.25, -0.2) is 4.79 Å². The minimum Gasteiger partial charge on any atom is -0.347 e. The molecule has 4 N–H and O–H groups in total. The highest BCUT2D eigenvalue weighted by Gasteiger charge is 2.70. The van der Waals surface area contributed by atoms with E-state index in [1.54, 1.807) is 0 Å². The third-order valence-electron chi connectivity index (χ3n) is 11.2. The number of urea groups is 1. The monoisotopic (exact) mass is 651 g/mol. The number of ketones is 2. The van der Waals surface area contributed by atoms with Crippen molar-refractivity contribution in [2.75, 3.05) is 6.54 Å². The summed E-state index contributed by atoms with van der Waals surface area (Å²) >= 11 is 0. The zero-order chi connectivity index (χ0) is 34.3. The van der Waals surface area contributed by atoms with Gasteiger partial charge in [-0.3, -0.25) is 24.0 Å². The number of carbonyl (C=O) groups excluding carboxylic acids is 6. The minimum atomic E-state index is -1.11. The molecule has 6 atom stereocenters. The number of hydrogen-bond donors (Lipinski definition) is 4. The van der Waals surface area contributed by atoms with Crippen molar-refractivity contribution in [1.82, 2.24) is 26.2 Å². The smallest absolute Gasteiger partial charge is 0.316 e. The van der Waals surface area contributed by atoms with E-state index in [4.69, 9.17) is 6.42 Å². The number of fused-ring (bicyclic) bond motifs is 1. The molecule has 1 aliphatic heterocycles. The van der Waals surface area contributed by atoms with Crippen molar-refractivity contribution in [2.24, 2.45) is 34.5 Å². The summed E-state index contributed by atoms with van der Waals surface area (Å²) in [5.41, 5.74) is -0.913. The van der Waals surface area contributed by atoms with Crippen LogP contribution in [0.25, 0.3) is 0 Å². The lowest BCUT2D eigenvalue weighted by Crippen LogP contribution is -2.62. The molecule has 0 spiro atoms. The van der Waals surface area contributed by atoms with Crippen molar-refractivity contribution in [2.45, 2.75) is 135 Å². The molecule has 1 heterocycles. The van der Waals surface area contributed by atoms with Crippen LogP contribution in [0.15, 0.2) is 0 Å². The Hall–Kier alpha value is -3.42. The van der Waals surface area contributed by atoms with Crippen LogP contribution in [0.3, 0.4) is 0 Å². The van der Waals surface area contributed by atoms with E-state index in [0.29, 0.717) is 6.54 Å². The van der Waals surface area contributed by atoms with Gasteiger partial charge in [-0.05, 0) is 73.5 Å². The van der Waals surface area contributed by atoms with Crippen molar-refractivity contribution in [1.29, 1.82) is 0 Å². The third-order valence-corrected chi connectivity index (χ3v) is 11.2. The number of nitrogens with zero attached hydrogens (tertiary/aromatic N) is 1. The van der Waals surface area contributed by atoms with Gasteiger partial charge in [0.2, 0.25) is 17.6 Å². The number of carbonyl (C=O) groups is 6. The molecule has 5 fully saturated rings. The molecule has 0 radical (unpaired) electrons. The molecule has 1 saturated heterocycles. The summed E-state index contributed by atoms with van der Waals surface area (Å²) in [5.74, 6) is 0.192. The van der Waals surface area contributed by atoms with Gasteiger partial charge in [0.25, 0.3) is 5.91 Å². The Bertz CT molecular complexity index is 1320. The van der Waals surface area contributed by atoms with Gasteiger partial charge in [0.05, 0.1) is 12.1 Å². The molecule has 258 valence electrons. The largest absolute Gasteiger partial charge is 0.347 e. The molecular weight excluding hydrogens is 598 g/mol. The van der Waals surface area contributed by atoms with Gasteiger partial charge in [-0.1, -0.05) is 53.9 Å². The highest BCUT2D eigenvalue weighted by atomic mass is 16.2. The van der Waals surface area contributed by atoms with Crippen molar-refractivity contribution in [3.05, 3.63) is 0 Å². The SMILES string of the molecule is C#CCCC(NC(=O)[C@@H]1[C@@H]2[C@H](CN1C(=O)[C@@H](NC(=O)N[C@H](C(=O)C1CC1)C1CCCCC1)C(C)(C)C)C2(C)C)C(=O)C(=O)NC1CC1. The first-order valence-corrected chi connectivity index (χ1v) is 17.6. The van der Waals surface area contributed by atoms with E-state index in [0.717, 1.165) is 57.8 Å². The van der Waals surface area contributed by atoms with E-state index in [2.05, 4.69) is 41.0 Å². The Kier molecular flexibility index (Phi) is 10.1. The van der Waals surface area contributed by atoms with Gasteiger partial charge in [-0.15, -0.1) is 12.3 Å². The number of rotatable bonds is 13. The second kappa shape index (κ2) is 13.6. The van der Waals surface area contributed by atoms with Crippen LogP contribution in [0.4, 0.5) is 4.79 Å². The number of likely N-dealkylation sites (tertiary alicyclic amines) is 1. The molecule has 4 aliphatic carbocycles. The Morgan fingerprint density at radius 2 is 1.57 bits per heavy atom. The maximum Gasteiger partial charge on any atom is 0.316 e. The molecule has 0 bridgehead atoms. The molecular formula is C36H53N5O6. The van der Waals surface area contributed by atoms with Crippen LogP contribution >= 0.6 is 0 Å². The fraction of sp³-hybridized carbons (Fsp3) is 0.778. The van der Waals surface area contributed by atoms with Crippen molar-refractivity contribution < 1.29 is 28.8 Å². The van der Waals surface area contributed by atoms with E-state index in [1.165, 1.54) is 4.90 Å². The molecule has 0 aromatic rings. The molecule has 0 aromatic heterocycles. The maximum atomic E-state index is 14.4. The fourth-order valence-corrected chi connectivity index (χ4v) is 7.85. The number of hydrogen-bond acceptors (Lipinski definition) is 6. The quantitative estimate of drug-likeness (QED) is 0.178. The topological polar surface area (TPSA) is 154 Å². The maximum absolute atomic E-state index is 14.4. The van der Waals surface area contributed by atoms with E-state index in [9.17, 15) is 28.8 Å². The Morgan fingerprint density at radius 1 is 0.915 bits per heavy atom. The summed E-state index contributed by atoms with van der Waals surface area (Å²) < 4.78 is 0. The number of terminal acetylenes is 1. The number of amides is 5. The van der Waals surface area contributed by atoms with Crippen molar-refractivity contribution >= 4 is 35.3 Å². The van der Waals surface area contributed by atoms with E-state index < -0.39 is 59.1 Å². The Balaban J connectivity index is 1.31. The lowest BCUT2D eigenvalue weighted by atomic mass is 9.81. The highest BCUT2D eigenvalue weighted by Crippen LogP contribution is 2.65. The van der Waals surface area contributed by atoms with Gasteiger partial charge < -0.3 is 26.2 Å². The van der Waals surface area contributed by atoms with Gasteiger partial charge in [0.15, 0.2) is 5.78 Å². The zero-order valence-corrected chi connectivity index (χ0v) is 28.7. The molecule has 4 saturated carbocycles. The van der Waals surface area contributed by atoms with Gasteiger partial charge >= 0.3 is 6.03 Å².